The summed E-state index contributed by atoms with van der Waals surface area (Å²) in [5, 5.41) is 19.8. The van der Waals surface area contributed by atoms with Crippen molar-refractivity contribution in [2.45, 2.75) is 13.5 Å². The molecule has 2 aromatic heterocycles. The SMILES string of the molecule is CCNC(=O)c1ccc(NCc2ncn[nH]2)nn1. The van der Waals surface area contributed by atoms with Crippen molar-refractivity contribution in [1.29, 1.82) is 0 Å². The van der Waals surface area contributed by atoms with Gasteiger partial charge in [0.25, 0.3) is 5.91 Å². The summed E-state index contributed by atoms with van der Waals surface area (Å²) in [4.78, 5) is 15.4. The highest BCUT2D eigenvalue weighted by Crippen LogP contribution is 2.03. The Kier molecular flexibility index (Phi) is 3.79. The Balaban J connectivity index is 1.93. The molecule has 94 valence electrons. The van der Waals surface area contributed by atoms with Gasteiger partial charge in [-0.15, -0.1) is 10.2 Å². The fraction of sp³-hybridized carbons (Fsp3) is 0.300. The summed E-state index contributed by atoms with van der Waals surface area (Å²) in [6.07, 6.45) is 1.43. The lowest BCUT2D eigenvalue weighted by Gasteiger charge is -2.03. The monoisotopic (exact) mass is 247 g/mol. The molecule has 0 aromatic carbocycles. The van der Waals surface area contributed by atoms with Crippen molar-refractivity contribution in [3.63, 3.8) is 0 Å². The third kappa shape index (κ3) is 3.00. The number of H-pyrrole nitrogens is 1. The molecule has 0 unspecified atom stereocenters. The van der Waals surface area contributed by atoms with Crippen LogP contribution in [0.25, 0.3) is 0 Å². The van der Waals surface area contributed by atoms with Gasteiger partial charge >= 0.3 is 0 Å². The normalized spacial score (nSPS) is 10.1. The van der Waals surface area contributed by atoms with E-state index in [1.807, 2.05) is 6.92 Å². The maximum Gasteiger partial charge on any atom is 0.271 e. The predicted molar refractivity (Wildman–Crippen MR) is 63.7 cm³/mol. The van der Waals surface area contributed by atoms with Gasteiger partial charge in [0.1, 0.15) is 18.0 Å². The average molecular weight is 247 g/mol. The number of aromatic amines is 1. The van der Waals surface area contributed by atoms with Gasteiger partial charge in [0.05, 0.1) is 6.54 Å². The molecule has 0 saturated heterocycles. The second-order valence-electron chi connectivity index (χ2n) is 3.45. The molecule has 0 fully saturated rings. The van der Waals surface area contributed by atoms with E-state index in [-0.39, 0.29) is 5.91 Å². The minimum atomic E-state index is -0.230. The van der Waals surface area contributed by atoms with Crippen molar-refractivity contribution >= 4 is 11.7 Å². The predicted octanol–water partition coefficient (Wildman–Crippen LogP) is -0.0435. The Labute approximate surface area is 103 Å². The molecule has 18 heavy (non-hydrogen) atoms. The molecule has 2 heterocycles. The first-order valence-electron chi connectivity index (χ1n) is 5.49. The number of anilines is 1. The molecule has 0 spiro atoms. The Morgan fingerprint density at radius 1 is 1.39 bits per heavy atom. The van der Waals surface area contributed by atoms with E-state index in [0.29, 0.717) is 30.4 Å². The van der Waals surface area contributed by atoms with Gasteiger partial charge in [0.2, 0.25) is 0 Å². The van der Waals surface area contributed by atoms with Gasteiger partial charge in [0.15, 0.2) is 5.69 Å². The van der Waals surface area contributed by atoms with Crippen LogP contribution in [0.15, 0.2) is 18.5 Å². The highest BCUT2D eigenvalue weighted by atomic mass is 16.1. The van der Waals surface area contributed by atoms with Crippen molar-refractivity contribution in [3.8, 4) is 0 Å². The molecule has 0 atom stereocenters. The maximum absolute atomic E-state index is 11.4. The van der Waals surface area contributed by atoms with E-state index in [0.717, 1.165) is 0 Å². The lowest BCUT2D eigenvalue weighted by atomic mass is 10.3. The molecule has 0 aliphatic carbocycles. The topological polar surface area (TPSA) is 108 Å². The smallest absolute Gasteiger partial charge is 0.271 e. The molecule has 2 aromatic rings. The van der Waals surface area contributed by atoms with Gasteiger partial charge in [-0.2, -0.15) is 5.10 Å². The quantitative estimate of drug-likeness (QED) is 0.684. The minimum Gasteiger partial charge on any atom is -0.361 e. The Morgan fingerprint density at radius 3 is 2.89 bits per heavy atom. The standard InChI is InChI=1S/C10H13N7O/c1-2-11-10(18)7-3-4-8(17-15-7)12-5-9-13-6-14-16-9/h3-4,6H,2,5H2,1H3,(H,11,18)(H,12,17)(H,13,14,16). The van der Waals surface area contributed by atoms with E-state index in [2.05, 4.69) is 36.0 Å². The number of nitrogens with one attached hydrogen (secondary N) is 3. The fourth-order valence-corrected chi connectivity index (χ4v) is 1.29. The number of rotatable bonds is 5. The summed E-state index contributed by atoms with van der Waals surface area (Å²) in [6.45, 7) is 2.87. The van der Waals surface area contributed by atoms with Crippen LogP contribution in [-0.2, 0) is 6.54 Å². The van der Waals surface area contributed by atoms with Crippen molar-refractivity contribution in [2.24, 2.45) is 0 Å². The molecule has 3 N–H and O–H groups in total. The maximum atomic E-state index is 11.4. The van der Waals surface area contributed by atoms with Crippen LogP contribution < -0.4 is 10.6 Å². The Morgan fingerprint density at radius 2 is 2.28 bits per heavy atom. The number of amides is 1. The molecule has 1 amide bonds. The van der Waals surface area contributed by atoms with Gasteiger partial charge in [0, 0.05) is 6.54 Å². The van der Waals surface area contributed by atoms with Crippen LogP contribution in [0.2, 0.25) is 0 Å². The van der Waals surface area contributed by atoms with Gasteiger partial charge < -0.3 is 10.6 Å². The van der Waals surface area contributed by atoms with Gasteiger partial charge in [-0.1, -0.05) is 0 Å². The molecule has 0 aliphatic rings. The zero-order chi connectivity index (χ0) is 12.8. The largest absolute Gasteiger partial charge is 0.361 e. The second kappa shape index (κ2) is 5.71. The number of carbonyl (C=O) groups excluding carboxylic acids is 1. The molecule has 0 bridgehead atoms. The number of hydrogen-bond acceptors (Lipinski definition) is 6. The summed E-state index contributed by atoms with van der Waals surface area (Å²) in [7, 11) is 0. The molecule has 0 radical (unpaired) electrons. The fourth-order valence-electron chi connectivity index (χ4n) is 1.29. The zero-order valence-electron chi connectivity index (χ0n) is 9.84. The van der Waals surface area contributed by atoms with Crippen LogP contribution in [0, 0.1) is 0 Å². The van der Waals surface area contributed by atoms with Gasteiger partial charge in [-0.05, 0) is 19.1 Å². The highest BCUT2D eigenvalue weighted by molar-refractivity contribution is 5.92. The number of carbonyl (C=O) groups is 1. The molecule has 2 rings (SSSR count). The first-order chi connectivity index (χ1) is 8.79. The summed E-state index contributed by atoms with van der Waals surface area (Å²) in [6, 6.07) is 3.30. The van der Waals surface area contributed by atoms with Gasteiger partial charge in [-0.3, -0.25) is 9.89 Å². The summed E-state index contributed by atoms with van der Waals surface area (Å²) < 4.78 is 0. The van der Waals surface area contributed by atoms with Crippen LogP contribution in [0.1, 0.15) is 23.2 Å². The summed E-state index contributed by atoms with van der Waals surface area (Å²) in [5.41, 5.74) is 0.294. The summed E-state index contributed by atoms with van der Waals surface area (Å²) in [5.74, 6) is 1.04. The number of nitrogens with zero attached hydrogens (tertiary/aromatic N) is 4. The van der Waals surface area contributed by atoms with Crippen molar-refractivity contribution < 1.29 is 4.79 Å². The first kappa shape index (κ1) is 12.0. The highest BCUT2D eigenvalue weighted by Gasteiger charge is 2.06. The van der Waals surface area contributed by atoms with E-state index in [4.69, 9.17) is 0 Å². The van der Waals surface area contributed by atoms with E-state index in [1.165, 1.54) is 6.33 Å². The van der Waals surface area contributed by atoms with Gasteiger partial charge in [-0.25, -0.2) is 4.98 Å². The number of hydrogen-bond donors (Lipinski definition) is 3. The Hall–Kier alpha value is -2.51. The third-order valence-electron chi connectivity index (χ3n) is 2.14. The molecule has 8 heteroatoms. The Bertz CT molecular complexity index is 493. The van der Waals surface area contributed by atoms with Crippen LogP contribution in [0.4, 0.5) is 5.82 Å². The lowest BCUT2D eigenvalue weighted by molar-refractivity contribution is 0.0950. The minimum absolute atomic E-state index is 0.230. The molecular weight excluding hydrogens is 234 g/mol. The first-order valence-corrected chi connectivity index (χ1v) is 5.49. The number of aromatic nitrogens is 5. The van der Waals surface area contributed by atoms with Crippen LogP contribution >= 0.6 is 0 Å². The molecule has 8 nitrogen and oxygen atoms in total. The van der Waals surface area contributed by atoms with E-state index >= 15 is 0 Å². The van der Waals surface area contributed by atoms with Crippen molar-refractivity contribution in [2.75, 3.05) is 11.9 Å². The second-order valence-corrected chi connectivity index (χ2v) is 3.45. The van der Waals surface area contributed by atoms with E-state index < -0.39 is 0 Å². The van der Waals surface area contributed by atoms with Crippen LogP contribution in [0.5, 0.6) is 0 Å². The van der Waals surface area contributed by atoms with E-state index in [1.54, 1.807) is 12.1 Å². The summed E-state index contributed by atoms with van der Waals surface area (Å²) >= 11 is 0. The molecule has 0 saturated carbocycles. The van der Waals surface area contributed by atoms with E-state index in [9.17, 15) is 4.79 Å². The van der Waals surface area contributed by atoms with Crippen LogP contribution in [0.3, 0.4) is 0 Å². The van der Waals surface area contributed by atoms with Crippen LogP contribution in [-0.4, -0.2) is 37.8 Å². The van der Waals surface area contributed by atoms with Crippen molar-refractivity contribution in [1.82, 2.24) is 30.7 Å². The average Bonchev–Trinajstić information content (AvgIpc) is 2.90. The third-order valence-corrected chi connectivity index (χ3v) is 2.14. The molecule has 0 aliphatic heterocycles. The van der Waals surface area contributed by atoms with Crippen molar-refractivity contribution in [3.05, 3.63) is 30.0 Å². The molecular formula is C10H13N7O. The lowest BCUT2D eigenvalue weighted by Crippen LogP contribution is -2.24. The zero-order valence-corrected chi connectivity index (χ0v) is 9.84.